The van der Waals surface area contributed by atoms with Gasteiger partial charge in [0.2, 0.25) is 5.43 Å². The number of ether oxygens (including phenoxy) is 2. The van der Waals surface area contributed by atoms with Crippen molar-refractivity contribution >= 4 is 17.5 Å². The lowest BCUT2D eigenvalue weighted by molar-refractivity contribution is -0.0512. The molecule has 162 valence electrons. The number of alkyl halides is 2. The molecule has 0 unspecified atom stereocenters. The molecule has 0 spiro atoms. The summed E-state index contributed by atoms with van der Waals surface area (Å²) >= 11 is 6.21. The lowest BCUT2D eigenvalue weighted by Crippen LogP contribution is -2.31. The Balaban J connectivity index is 1.82. The van der Waals surface area contributed by atoms with Crippen LogP contribution in [0.3, 0.4) is 0 Å². The molecular formula is C21H18ClF2N3O4. The summed E-state index contributed by atoms with van der Waals surface area (Å²) in [6.07, 6.45) is 0. The zero-order chi connectivity index (χ0) is 22.5. The molecule has 0 aliphatic carbocycles. The zero-order valence-corrected chi connectivity index (χ0v) is 17.3. The van der Waals surface area contributed by atoms with Gasteiger partial charge in [0, 0.05) is 18.3 Å². The van der Waals surface area contributed by atoms with E-state index >= 15 is 0 Å². The van der Waals surface area contributed by atoms with Crippen LogP contribution < -0.4 is 20.2 Å². The van der Waals surface area contributed by atoms with Crippen molar-refractivity contribution in [3.05, 3.63) is 80.7 Å². The Kier molecular flexibility index (Phi) is 6.86. The smallest absolute Gasteiger partial charge is 0.387 e. The van der Waals surface area contributed by atoms with E-state index in [4.69, 9.17) is 16.3 Å². The highest BCUT2D eigenvalue weighted by molar-refractivity contribution is 6.32. The molecule has 0 saturated carbocycles. The van der Waals surface area contributed by atoms with Crippen LogP contribution in [0.4, 0.5) is 8.78 Å². The van der Waals surface area contributed by atoms with E-state index in [9.17, 15) is 18.4 Å². The first-order valence-corrected chi connectivity index (χ1v) is 9.43. The van der Waals surface area contributed by atoms with Crippen LogP contribution in [-0.2, 0) is 6.54 Å². The van der Waals surface area contributed by atoms with Gasteiger partial charge in [0.15, 0.2) is 17.2 Å². The van der Waals surface area contributed by atoms with Crippen molar-refractivity contribution in [2.75, 3.05) is 7.11 Å². The van der Waals surface area contributed by atoms with E-state index in [1.807, 2.05) is 0 Å². The average Bonchev–Trinajstić information content (AvgIpc) is 2.73. The Morgan fingerprint density at radius 3 is 2.61 bits per heavy atom. The highest BCUT2D eigenvalue weighted by Gasteiger charge is 2.17. The van der Waals surface area contributed by atoms with E-state index in [0.717, 1.165) is 0 Å². The second kappa shape index (κ2) is 9.57. The average molecular weight is 450 g/mol. The van der Waals surface area contributed by atoms with Gasteiger partial charge in [-0.3, -0.25) is 9.59 Å². The first kappa shape index (κ1) is 22.2. The summed E-state index contributed by atoms with van der Waals surface area (Å²) in [5, 5.41) is 7.17. The van der Waals surface area contributed by atoms with Gasteiger partial charge in [0.25, 0.3) is 5.91 Å². The number of hydrogen-bond acceptors (Lipinski definition) is 5. The molecule has 10 heteroatoms. The SMILES string of the molecule is COc1cc(CNC(=O)c2nn(-c3ccccc3Cl)c(C)cc2=O)ccc1OC(F)F. The molecule has 2 aromatic carbocycles. The van der Waals surface area contributed by atoms with E-state index in [-0.39, 0.29) is 23.7 Å². The predicted molar refractivity (Wildman–Crippen MR) is 110 cm³/mol. The second-order valence-corrected chi connectivity index (χ2v) is 6.82. The fraction of sp³-hybridized carbons (Fsp3) is 0.190. The third kappa shape index (κ3) is 5.18. The zero-order valence-electron chi connectivity index (χ0n) is 16.6. The van der Waals surface area contributed by atoms with Gasteiger partial charge in [0.1, 0.15) is 0 Å². The molecule has 0 fully saturated rings. The number of nitrogens with one attached hydrogen (secondary N) is 1. The predicted octanol–water partition coefficient (Wildman–Crippen LogP) is 3.73. The van der Waals surface area contributed by atoms with Crippen molar-refractivity contribution in [1.82, 2.24) is 15.1 Å². The van der Waals surface area contributed by atoms with E-state index in [1.54, 1.807) is 31.2 Å². The summed E-state index contributed by atoms with van der Waals surface area (Å²) in [5.74, 6) is -0.741. The number of carbonyl (C=O) groups excluding carboxylic acids is 1. The molecule has 31 heavy (non-hydrogen) atoms. The van der Waals surface area contributed by atoms with E-state index in [2.05, 4.69) is 15.2 Å². The maximum absolute atomic E-state index is 12.6. The molecule has 7 nitrogen and oxygen atoms in total. The van der Waals surface area contributed by atoms with Crippen molar-refractivity contribution in [1.29, 1.82) is 0 Å². The molecule has 3 rings (SSSR count). The van der Waals surface area contributed by atoms with Crippen molar-refractivity contribution in [2.24, 2.45) is 0 Å². The molecule has 1 N–H and O–H groups in total. The van der Waals surface area contributed by atoms with Gasteiger partial charge in [-0.25, -0.2) is 4.68 Å². The number of amides is 1. The van der Waals surface area contributed by atoms with Crippen molar-refractivity contribution < 1.29 is 23.0 Å². The van der Waals surface area contributed by atoms with Crippen molar-refractivity contribution in [2.45, 2.75) is 20.1 Å². The maximum Gasteiger partial charge on any atom is 0.387 e. The number of para-hydroxylation sites is 1. The molecular weight excluding hydrogens is 432 g/mol. The van der Waals surface area contributed by atoms with Crippen LogP contribution in [0.15, 0.2) is 53.3 Å². The van der Waals surface area contributed by atoms with Crippen LogP contribution in [0.1, 0.15) is 21.7 Å². The van der Waals surface area contributed by atoms with Crippen molar-refractivity contribution in [3.63, 3.8) is 0 Å². The summed E-state index contributed by atoms with van der Waals surface area (Å²) < 4.78 is 35.7. The minimum absolute atomic E-state index is 0.00520. The Bertz CT molecular complexity index is 1170. The fourth-order valence-corrected chi connectivity index (χ4v) is 3.07. The van der Waals surface area contributed by atoms with Gasteiger partial charge in [-0.2, -0.15) is 13.9 Å². The van der Waals surface area contributed by atoms with Gasteiger partial charge in [-0.05, 0) is 36.8 Å². The largest absolute Gasteiger partial charge is 0.493 e. The van der Waals surface area contributed by atoms with Gasteiger partial charge >= 0.3 is 6.61 Å². The number of benzene rings is 2. The standard InChI is InChI=1S/C21H18ClF2N3O4/c1-12-9-16(28)19(26-27(12)15-6-4-3-5-14(15)22)20(29)25-11-13-7-8-17(31-21(23)24)18(10-13)30-2/h3-10,21H,11H2,1-2H3,(H,25,29). The fourth-order valence-electron chi connectivity index (χ4n) is 2.85. The van der Waals surface area contributed by atoms with Crippen LogP contribution in [0.2, 0.25) is 5.02 Å². The number of hydrogen-bond donors (Lipinski definition) is 1. The first-order chi connectivity index (χ1) is 14.8. The Morgan fingerprint density at radius 2 is 1.94 bits per heavy atom. The third-order valence-electron chi connectivity index (χ3n) is 4.30. The van der Waals surface area contributed by atoms with Gasteiger partial charge in [-0.1, -0.05) is 29.8 Å². The third-order valence-corrected chi connectivity index (χ3v) is 4.62. The Labute approximate surface area is 181 Å². The number of carbonyl (C=O) groups is 1. The molecule has 0 aliphatic heterocycles. The highest BCUT2D eigenvalue weighted by Crippen LogP contribution is 2.29. The quantitative estimate of drug-likeness (QED) is 0.594. The minimum atomic E-state index is -2.99. The number of methoxy groups -OCH3 is 1. The van der Waals surface area contributed by atoms with Gasteiger partial charge in [-0.15, -0.1) is 0 Å². The molecule has 1 amide bonds. The van der Waals surface area contributed by atoms with Crippen LogP contribution in [0.5, 0.6) is 11.5 Å². The Morgan fingerprint density at radius 1 is 1.19 bits per heavy atom. The molecule has 1 aromatic heterocycles. The maximum atomic E-state index is 12.6. The summed E-state index contributed by atoms with van der Waals surface area (Å²) in [6, 6.07) is 12.4. The first-order valence-electron chi connectivity index (χ1n) is 9.06. The molecule has 3 aromatic rings. The highest BCUT2D eigenvalue weighted by atomic mass is 35.5. The van der Waals surface area contributed by atoms with E-state index in [1.165, 1.54) is 36.1 Å². The lowest BCUT2D eigenvalue weighted by atomic mass is 10.2. The molecule has 0 saturated heterocycles. The number of halogens is 3. The number of aryl methyl sites for hydroxylation is 1. The van der Waals surface area contributed by atoms with Crippen LogP contribution >= 0.6 is 11.6 Å². The summed E-state index contributed by atoms with van der Waals surface area (Å²) in [4.78, 5) is 24.9. The van der Waals surface area contributed by atoms with Gasteiger partial charge in [0.05, 0.1) is 17.8 Å². The lowest BCUT2D eigenvalue weighted by Gasteiger charge is -2.13. The molecule has 0 radical (unpaired) electrons. The second-order valence-electron chi connectivity index (χ2n) is 6.41. The normalized spacial score (nSPS) is 10.8. The summed E-state index contributed by atoms with van der Waals surface area (Å²) in [7, 11) is 1.31. The molecule has 0 aliphatic rings. The molecule has 0 bridgehead atoms. The van der Waals surface area contributed by atoms with Crippen molar-refractivity contribution in [3.8, 4) is 17.2 Å². The summed E-state index contributed by atoms with van der Waals surface area (Å²) in [5.41, 5.74) is 0.723. The minimum Gasteiger partial charge on any atom is -0.493 e. The van der Waals surface area contributed by atoms with E-state index in [0.29, 0.717) is 22.0 Å². The number of aromatic nitrogens is 2. The van der Waals surface area contributed by atoms with Gasteiger partial charge < -0.3 is 14.8 Å². The number of rotatable bonds is 7. The molecule has 0 atom stereocenters. The topological polar surface area (TPSA) is 82.5 Å². The Hall–Kier alpha value is -3.46. The monoisotopic (exact) mass is 449 g/mol. The molecule has 1 heterocycles. The van der Waals surface area contributed by atoms with Crippen LogP contribution in [0.25, 0.3) is 5.69 Å². The van der Waals surface area contributed by atoms with Crippen LogP contribution in [0, 0.1) is 6.92 Å². The summed E-state index contributed by atoms with van der Waals surface area (Å²) in [6.45, 7) is -1.31. The van der Waals surface area contributed by atoms with E-state index < -0.39 is 17.9 Å². The number of nitrogens with zero attached hydrogens (tertiary/aromatic N) is 2. The van der Waals surface area contributed by atoms with Crippen LogP contribution in [-0.4, -0.2) is 29.4 Å².